The van der Waals surface area contributed by atoms with E-state index in [2.05, 4.69) is 95.6 Å². The van der Waals surface area contributed by atoms with Gasteiger partial charge in [0, 0.05) is 43.6 Å². The van der Waals surface area contributed by atoms with Gasteiger partial charge in [0.15, 0.2) is 23.1 Å². The molecule has 11 rings (SSSR count). The molecule has 0 aliphatic carbocycles. The fourth-order valence-corrected chi connectivity index (χ4v) is 7.54. The summed E-state index contributed by atoms with van der Waals surface area (Å²) in [6.45, 7) is 0. The zero-order valence-corrected chi connectivity index (χ0v) is 27.1. The predicted octanol–water partition coefficient (Wildman–Crippen LogP) is 11.8. The van der Waals surface area contributed by atoms with Gasteiger partial charge in [-0.2, -0.15) is 0 Å². The molecule has 7 aromatic carbocycles. The van der Waals surface area contributed by atoms with Crippen LogP contribution in [-0.4, -0.2) is 19.5 Å². The van der Waals surface area contributed by atoms with E-state index in [9.17, 15) is 0 Å². The first-order valence-corrected chi connectivity index (χ1v) is 16.9. The highest BCUT2D eigenvalue weighted by molar-refractivity contribution is 6.23. The van der Waals surface area contributed by atoms with Crippen LogP contribution < -0.4 is 0 Å². The lowest BCUT2D eigenvalue weighted by Gasteiger charge is -2.08. The predicted molar refractivity (Wildman–Crippen MR) is 205 cm³/mol. The Labute approximate surface area is 290 Å². The molecule has 0 atom stereocenters. The molecule has 0 unspecified atom stereocenters. The molecule has 0 N–H and O–H groups in total. The molecule has 0 aliphatic heterocycles. The average Bonchev–Trinajstić information content (AvgIpc) is 3.88. The van der Waals surface area contributed by atoms with Crippen molar-refractivity contribution in [2.45, 2.75) is 0 Å². The third kappa shape index (κ3) is 4.20. The van der Waals surface area contributed by atoms with Crippen molar-refractivity contribution in [1.82, 2.24) is 19.5 Å². The maximum Gasteiger partial charge on any atom is 0.164 e. The lowest BCUT2D eigenvalue weighted by molar-refractivity contribution is 0.661. The van der Waals surface area contributed by atoms with E-state index < -0.39 is 0 Å². The summed E-state index contributed by atoms with van der Waals surface area (Å²) in [5.41, 5.74) is 9.12. The second-order valence-corrected chi connectivity index (χ2v) is 12.8. The van der Waals surface area contributed by atoms with Gasteiger partial charge in [0.25, 0.3) is 0 Å². The van der Waals surface area contributed by atoms with Crippen LogP contribution in [0.15, 0.2) is 167 Å². The van der Waals surface area contributed by atoms with E-state index in [0.29, 0.717) is 17.5 Å². The van der Waals surface area contributed by atoms with Gasteiger partial charge in [-0.3, -0.25) is 0 Å². The molecule has 6 nitrogen and oxygen atoms in total. The number of aromatic nitrogens is 4. The number of fused-ring (bicyclic) bond motifs is 10. The molecular weight excluding hydrogens is 629 g/mol. The van der Waals surface area contributed by atoms with E-state index >= 15 is 0 Å². The molecule has 0 saturated carbocycles. The molecular formula is C45H26N4O2. The number of furan rings is 2. The average molecular weight is 655 g/mol. The second kappa shape index (κ2) is 10.7. The quantitative estimate of drug-likeness (QED) is 0.189. The minimum absolute atomic E-state index is 0.583. The Bertz CT molecular complexity index is 3030. The van der Waals surface area contributed by atoms with Gasteiger partial charge in [0.2, 0.25) is 0 Å². The van der Waals surface area contributed by atoms with E-state index in [4.69, 9.17) is 23.8 Å². The summed E-state index contributed by atoms with van der Waals surface area (Å²) in [5, 5.41) is 6.43. The molecule has 0 spiro atoms. The fourth-order valence-electron chi connectivity index (χ4n) is 7.54. The highest BCUT2D eigenvalue weighted by Crippen LogP contribution is 2.43. The van der Waals surface area contributed by atoms with Crippen LogP contribution in [0.2, 0.25) is 0 Å². The number of hydrogen-bond acceptors (Lipinski definition) is 5. The molecule has 0 amide bonds. The van der Waals surface area contributed by atoms with Crippen LogP contribution in [0.1, 0.15) is 0 Å². The Morgan fingerprint density at radius 1 is 0.373 bits per heavy atom. The van der Waals surface area contributed by atoms with Crippen LogP contribution in [0, 0.1) is 0 Å². The zero-order valence-electron chi connectivity index (χ0n) is 27.1. The minimum Gasteiger partial charge on any atom is -0.455 e. The van der Waals surface area contributed by atoms with Crippen molar-refractivity contribution in [2.75, 3.05) is 0 Å². The molecule has 0 fully saturated rings. The van der Waals surface area contributed by atoms with Crippen LogP contribution in [0.4, 0.5) is 0 Å². The number of rotatable bonds is 4. The van der Waals surface area contributed by atoms with Crippen molar-refractivity contribution in [1.29, 1.82) is 0 Å². The fraction of sp³-hybridized carbons (Fsp3) is 0. The van der Waals surface area contributed by atoms with Crippen LogP contribution in [0.5, 0.6) is 0 Å². The summed E-state index contributed by atoms with van der Waals surface area (Å²) in [6, 6.07) is 53.8. The Kier molecular flexibility index (Phi) is 5.86. The maximum atomic E-state index is 6.76. The summed E-state index contributed by atoms with van der Waals surface area (Å²) in [4.78, 5) is 14.7. The Hall–Kier alpha value is -7.05. The van der Waals surface area contributed by atoms with Gasteiger partial charge >= 0.3 is 0 Å². The van der Waals surface area contributed by atoms with Crippen molar-refractivity contribution in [3.05, 3.63) is 158 Å². The topological polar surface area (TPSA) is 69.9 Å². The summed E-state index contributed by atoms with van der Waals surface area (Å²) in [7, 11) is 0. The molecule has 238 valence electrons. The highest BCUT2D eigenvalue weighted by Gasteiger charge is 2.21. The molecule has 0 saturated heterocycles. The van der Waals surface area contributed by atoms with Gasteiger partial charge in [-0.05, 0) is 42.5 Å². The largest absolute Gasteiger partial charge is 0.455 e. The first kappa shape index (κ1) is 27.9. The lowest BCUT2D eigenvalue weighted by Crippen LogP contribution is -2.00. The van der Waals surface area contributed by atoms with E-state index in [1.54, 1.807) is 0 Å². The third-order valence-corrected chi connectivity index (χ3v) is 9.86. The van der Waals surface area contributed by atoms with Crippen molar-refractivity contribution in [2.24, 2.45) is 0 Å². The molecule has 11 aromatic rings. The molecule has 51 heavy (non-hydrogen) atoms. The summed E-state index contributed by atoms with van der Waals surface area (Å²) in [5.74, 6) is 1.82. The Morgan fingerprint density at radius 3 is 1.59 bits per heavy atom. The smallest absolute Gasteiger partial charge is 0.164 e. The van der Waals surface area contributed by atoms with E-state index in [-0.39, 0.29) is 0 Å². The summed E-state index contributed by atoms with van der Waals surface area (Å²) >= 11 is 0. The van der Waals surface area contributed by atoms with Crippen LogP contribution >= 0.6 is 0 Å². The normalized spacial score (nSPS) is 11.9. The Balaban J connectivity index is 1.11. The third-order valence-electron chi connectivity index (χ3n) is 9.86. The number of benzene rings is 7. The van der Waals surface area contributed by atoms with Gasteiger partial charge in [0.1, 0.15) is 16.7 Å². The standard InChI is InChI=1S/C45H26N4O2/c1-3-12-27(13-4-1)43-46-44(28-14-5-2-6-15-28)48-45(47-43)29-22-23-32-33-24-25-38-40(42(33)51-39(32)26-29)34-18-11-21-37(41(34)50-38)49-35-19-9-7-16-30(35)31-17-8-10-20-36(31)49/h1-26H. The molecule has 0 radical (unpaired) electrons. The van der Waals surface area contributed by atoms with E-state index in [1.165, 1.54) is 10.8 Å². The van der Waals surface area contributed by atoms with Crippen LogP contribution in [0.3, 0.4) is 0 Å². The monoisotopic (exact) mass is 654 g/mol. The molecule has 4 heterocycles. The highest BCUT2D eigenvalue weighted by atomic mass is 16.3. The van der Waals surface area contributed by atoms with Crippen molar-refractivity contribution < 1.29 is 8.83 Å². The summed E-state index contributed by atoms with van der Waals surface area (Å²) < 4.78 is 15.8. The molecule has 6 heteroatoms. The first-order chi connectivity index (χ1) is 25.3. The van der Waals surface area contributed by atoms with Crippen molar-refractivity contribution in [3.8, 4) is 39.9 Å². The van der Waals surface area contributed by atoms with Crippen LogP contribution in [0.25, 0.3) is 106 Å². The number of nitrogens with zero attached hydrogens (tertiary/aromatic N) is 4. The summed E-state index contributed by atoms with van der Waals surface area (Å²) in [6.07, 6.45) is 0. The molecule has 4 aromatic heterocycles. The minimum atomic E-state index is 0.583. The van der Waals surface area contributed by atoms with Gasteiger partial charge in [-0.1, -0.05) is 115 Å². The lowest BCUT2D eigenvalue weighted by atomic mass is 10.1. The maximum absolute atomic E-state index is 6.76. The number of hydrogen-bond donors (Lipinski definition) is 0. The molecule has 0 bridgehead atoms. The van der Waals surface area contributed by atoms with Crippen molar-refractivity contribution >= 4 is 65.7 Å². The number of para-hydroxylation sites is 3. The SMILES string of the molecule is c1ccc(-c2nc(-c3ccccc3)nc(-c3ccc4c(c3)oc3c4ccc4oc5c(-n6c7ccccc7c7ccccc76)cccc5c43)n2)cc1. The Morgan fingerprint density at radius 2 is 0.922 bits per heavy atom. The van der Waals surface area contributed by atoms with E-state index in [0.717, 1.165) is 77.3 Å². The second-order valence-electron chi connectivity index (χ2n) is 12.8. The zero-order chi connectivity index (χ0) is 33.5. The van der Waals surface area contributed by atoms with E-state index in [1.807, 2.05) is 66.7 Å². The van der Waals surface area contributed by atoms with Gasteiger partial charge in [-0.25, -0.2) is 15.0 Å². The van der Waals surface area contributed by atoms with Gasteiger partial charge in [-0.15, -0.1) is 0 Å². The van der Waals surface area contributed by atoms with Gasteiger partial charge in [0.05, 0.1) is 22.1 Å². The van der Waals surface area contributed by atoms with Gasteiger partial charge < -0.3 is 13.4 Å². The molecule has 0 aliphatic rings. The van der Waals surface area contributed by atoms with Crippen LogP contribution in [-0.2, 0) is 0 Å². The first-order valence-electron chi connectivity index (χ1n) is 16.9. The van der Waals surface area contributed by atoms with Crippen molar-refractivity contribution in [3.63, 3.8) is 0 Å².